The summed E-state index contributed by atoms with van der Waals surface area (Å²) >= 11 is 0. The van der Waals surface area contributed by atoms with Gasteiger partial charge in [-0.05, 0) is 12.1 Å². The van der Waals surface area contributed by atoms with Crippen molar-refractivity contribution in [1.29, 1.82) is 0 Å². The minimum atomic E-state index is -1.52. The second kappa shape index (κ2) is 8.45. The van der Waals surface area contributed by atoms with Gasteiger partial charge in [0.1, 0.15) is 0 Å². The summed E-state index contributed by atoms with van der Waals surface area (Å²) in [5, 5.41) is 0. The van der Waals surface area contributed by atoms with E-state index in [0.29, 0.717) is 0 Å². The van der Waals surface area contributed by atoms with Crippen molar-refractivity contribution in [3.8, 4) is 5.75 Å². The van der Waals surface area contributed by atoms with Gasteiger partial charge in [0.25, 0.3) is 0 Å². The van der Waals surface area contributed by atoms with E-state index in [9.17, 15) is 13.2 Å². The van der Waals surface area contributed by atoms with Crippen LogP contribution in [0.2, 0.25) is 0 Å². The average molecular weight is 341 g/mol. The van der Waals surface area contributed by atoms with E-state index in [1.807, 2.05) is 0 Å². The standard InChI is InChI=1S/C13H8F3O.BrH.Mg/c14-10-6-7-11(13(16)12(10)15)17-8-9-4-2-1-3-5-9;;/h2-7H,8H2;1H;/q-1;;+2/p-1. The molecule has 0 atom stereocenters. The molecule has 0 aromatic heterocycles. The molecule has 0 aliphatic heterocycles. The Morgan fingerprint density at radius 1 is 0.947 bits per heavy atom. The molecule has 96 valence electrons. The molecule has 2 rings (SSSR count). The van der Waals surface area contributed by atoms with Crippen molar-refractivity contribution in [3.05, 3.63) is 65.5 Å². The molecule has 1 nitrogen and oxygen atoms in total. The normalized spacial score (nSPS) is 9.21. The molecule has 0 aliphatic carbocycles. The summed E-state index contributed by atoms with van der Waals surface area (Å²) in [4.78, 5) is 0. The average Bonchev–Trinajstić information content (AvgIpc) is 2.36. The predicted molar refractivity (Wildman–Crippen MR) is 61.7 cm³/mol. The summed E-state index contributed by atoms with van der Waals surface area (Å²) in [6.45, 7) is 0.0800. The van der Waals surface area contributed by atoms with Crippen LogP contribution < -0.4 is 21.7 Å². The third kappa shape index (κ3) is 4.70. The van der Waals surface area contributed by atoms with Crippen LogP contribution in [-0.4, -0.2) is 23.1 Å². The molecule has 6 heteroatoms. The minimum absolute atomic E-state index is 0. The molecule has 0 saturated heterocycles. The molecule has 0 saturated carbocycles. The molecule has 0 bridgehead atoms. The van der Waals surface area contributed by atoms with E-state index in [1.54, 1.807) is 24.3 Å². The maximum Gasteiger partial charge on any atom is 2.00 e. The van der Waals surface area contributed by atoms with Gasteiger partial charge in [-0.3, -0.25) is 0 Å². The Labute approximate surface area is 135 Å². The molecular formula is C13H8BrF3MgO. The summed E-state index contributed by atoms with van der Waals surface area (Å²) in [5.41, 5.74) is 0.785. The summed E-state index contributed by atoms with van der Waals surface area (Å²) < 4.78 is 43.8. The molecule has 0 aliphatic rings. The summed E-state index contributed by atoms with van der Waals surface area (Å²) in [6, 6.07) is 11.5. The van der Waals surface area contributed by atoms with Gasteiger partial charge in [-0.1, -0.05) is 0 Å². The van der Waals surface area contributed by atoms with Crippen LogP contribution >= 0.6 is 0 Å². The smallest absolute Gasteiger partial charge is 1.00 e. The van der Waals surface area contributed by atoms with E-state index in [4.69, 9.17) is 4.74 Å². The van der Waals surface area contributed by atoms with Crippen LogP contribution in [0.4, 0.5) is 13.2 Å². The monoisotopic (exact) mass is 340 g/mol. The van der Waals surface area contributed by atoms with Crippen LogP contribution in [0.5, 0.6) is 5.75 Å². The maximum atomic E-state index is 13.2. The van der Waals surface area contributed by atoms with Crippen LogP contribution in [0.25, 0.3) is 0 Å². The first-order valence-electron chi connectivity index (χ1n) is 4.90. The van der Waals surface area contributed by atoms with Gasteiger partial charge in [-0.25, -0.2) is 8.78 Å². The van der Waals surface area contributed by atoms with Gasteiger partial charge in [0.2, 0.25) is 5.82 Å². The maximum absolute atomic E-state index is 13.2. The Morgan fingerprint density at radius 2 is 1.58 bits per heavy atom. The van der Waals surface area contributed by atoms with Crippen LogP contribution in [0.15, 0.2) is 36.4 Å². The third-order valence-corrected chi connectivity index (χ3v) is 2.18. The van der Waals surface area contributed by atoms with Crippen LogP contribution in [0, 0.1) is 23.5 Å². The Morgan fingerprint density at radius 3 is 2.21 bits per heavy atom. The van der Waals surface area contributed by atoms with E-state index >= 15 is 0 Å². The molecule has 0 N–H and O–H groups in total. The second-order valence-corrected chi connectivity index (χ2v) is 3.37. The zero-order valence-corrected chi connectivity index (χ0v) is 12.8. The van der Waals surface area contributed by atoms with Crippen LogP contribution in [-0.2, 0) is 6.61 Å². The summed E-state index contributed by atoms with van der Waals surface area (Å²) in [7, 11) is 0. The van der Waals surface area contributed by atoms with Crippen LogP contribution in [0.3, 0.4) is 0 Å². The zero-order chi connectivity index (χ0) is 12.3. The third-order valence-electron chi connectivity index (χ3n) is 2.18. The van der Waals surface area contributed by atoms with Crippen molar-refractivity contribution < 1.29 is 34.9 Å². The molecule has 2 aromatic rings. The van der Waals surface area contributed by atoms with Gasteiger partial charge < -0.3 is 21.7 Å². The zero-order valence-electron chi connectivity index (χ0n) is 9.80. The van der Waals surface area contributed by atoms with E-state index in [1.165, 1.54) is 0 Å². The first kappa shape index (κ1) is 18.3. The fourth-order valence-electron chi connectivity index (χ4n) is 1.30. The topological polar surface area (TPSA) is 9.23 Å². The fraction of sp³-hybridized carbons (Fsp3) is 0.0769. The van der Waals surface area contributed by atoms with Crippen molar-refractivity contribution in [1.82, 2.24) is 0 Å². The van der Waals surface area contributed by atoms with Crippen molar-refractivity contribution in [2.24, 2.45) is 0 Å². The number of halogens is 4. The van der Waals surface area contributed by atoms with E-state index in [2.05, 4.69) is 6.07 Å². The second-order valence-electron chi connectivity index (χ2n) is 3.37. The van der Waals surface area contributed by atoms with E-state index in [0.717, 1.165) is 17.7 Å². The van der Waals surface area contributed by atoms with Crippen molar-refractivity contribution in [2.45, 2.75) is 6.61 Å². The van der Waals surface area contributed by atoms with Crippen molar-refractivity contribution in [2.75, 3.05) is 0 Å². The number of rotatable bonds is 3. The molecule has 0 amide bonds. The minimum Gasteiger partial charge on any atom is -1.00 e. The predicted octanol–water partition coefficient (Wildman–Crippen LogP) is 0.106. The SMILES string of the molecule is Fc1ccc(OCc2cc[c-]cc2)c(F)c1F.[Br-].[Mg+2]. The van der Waals surface area contributed by atoms with E-state index in [-0.39, 0.29) is 52.4 Å². The quantitative estimate of drug-likeness (QED) is 0.437. The molecular weight excluding hydrogens is 333 g/mol. The molecule has 19 heavy (non-hydrogen) atoms. The van der Waals surface area contributed by atoms with Gasteiger partial charge in [0.15, 0.2) is 17.4 Å². The van der Waals surface area contributed by atoms with Gasteiger partial charge in [-0.2, -0.15) is 34.7 Å². The fourth-order valence-corrected chi connectivity index (χ4v) is 1.30. The first-order valence-corrected chi connectivity index (χ1v) is 4.90. The largest absolute Gasteiger partial charge is 2.00 e. The summed E-state index contributed by atoms with van der Waals surface area (Å²) in [5.74, 6) is -4.38. The first-order chi connectivity index (χ1) is 8.18. The van der Waals surface area contributed by atoms with E-state index < -0.39 is 17.5 Å². The molecule has 0 heterocycles. The van der Waals surface area contributed by atoms with Crippen molar-refractivity contribution >= 4 is 23.1 Å². The Bertz CT molecular complexity index is 523. The molecule has 2 aromatic carbocycles. The Kier molecular flexibility index (Phi) is 8.13. The van der Waals surface area contributed by atoms with Gasteiger partial charge in [0, 0.05) is 0 Å². The van der Waals surface area contributed by atoms with Crippen LogP contribution in [0.1, 0.15) is 5.56 Å². The van der Waals surface area contributed by atoms with Crippen molar-refractivity contribution in [3.63, 3.8) is 0 Å². The number of hydrogen-bond donors (Lipinski definition) is 0. The van der Waals surface area contributed by atoms with Gasteiger partial charge in [-0.15, -0.1) is 5.56 Å². The number of ether oxygens (including phenoxy) is 1. The van der Waals surface area contributed by atoms with Gasteiger partial charge >= 0.3 is 23.1 Å². The molecule has 0 unspecified atom stereocenters. The molecule has 0 radical (unpaired) electrons. The summed E-state index contributed by atoms with van der Waals surface area (Å²) in [6.07, 6.45) is 0. The number of hydrogen-bond acceptors (Lipinski definition) is 1. The Hall–Kier alpha value is -0.724. The Balaban J connectivity index is 0.00000162. The van der Waals surface area contributed by atoms with Gasteiger partial charge in [0.05, 0.1) is 6.61 Å². The molecule has 0 fully saturated rings. The number of benzene rings is 2. The molecule has 0 spiro atoms.